The van der Waals surface area contributed by atoms with Gasteiger partial charge in [0.25, 0.3) is 0 Å². The number of aliphatic hydroxyl groups is 1. The quantitative estimate of drug-likeness (QED) is 0.605. The zero-order valence-corrected chi connectivity index (χ0v) is 11.1. The van der Waals surface area contributed by atoms with Crippen LogP contribution in [0.15, 0.2) is 30.3 Å². The van der Waals surface area contributed by atoms with Crippen molar-refractivity contribution < 1.29 is 5.11 Å². The van der Waals surface area contributed by atoms with Gasteiger partial charge in [0.15, 0.2) is 0 Å². The van der Waals surface area contributed by atoms with Crippen LogP contribution in [0.1, 0.15) is 70.0 Å². The van der Waals surface area contributed by atoms with Gasteiger partial charge in [-0.05, 0) is 12.0 Å². The van der Waals surface area contributed by atoms with Gasteiger partial charge in [-0.15, -0.1) is 0 Å². The Hall–Kier alpha value is -0.820. The van der Waals surface area contributed by atoms with Crippen LogP contribution in [0.4, 0.5) is 0 Å². The van der Waals surface area contributed by atoms with Crippen LogP contribution in [0.2, 0.25) is 0 Å². The molecular formula is C16H26O. The minimum absolute atomic E-state index is 0.271. The fourth-order valence-electron chi connectivity index (χ4n) is 2.14. The van der Waals surface area contributed by atoms with Crippen molar-refractivity contribution in [3.8, 4) is 0 Å². The molecule has 96 valence electrons. The van der Waals surface area contributed by atoms with E-state index in [1.54, 1.807) is 0 Å². The minimum atomic E-state index is -0.271. The molecule has 1 atom stereocenters. The predicted octanol–water partition coefficient (Wildman–Crippen LogP) is 4.86. The SMILES string of the molecule is CCCCCCCCCC(O)c1ccccc1. The van der Waals surface area contributed by atoms with Crippen molar-refractivity contribution in [2.45, 2.75) is 64.4 Å². The zero-order chi connectivity index (χ0) is 12.3. The molecule has 0 aliphatic heterocycles. The summed E-state index contributed by atoms with van der Waals surface area (Å²) in [6.45, 7) is 2.25. The Morgan fingerprint density at radius 3 is 2.12 bits per heavy atom. The molecule has 0 spiro atoms. The Bertz CT molecular complexity index is 268. The average Bonchev–Trinajstić information content (AvgIpc) is 2.38. The van der Waals surface area contributed by atoms with E-state index in [0.29, 0.717) is 0 Å². The molecule has 0 aromatic heterocycles. The number of rotatable bonds is 9. The number of aliphatic hydroxyl groups excluding tert-OH is 1. The topological polar surface area (TPSA) is 20.2 Å². The molecule has 1 aromatic carbocycles. The van der Waals surface area contributed by atoms with Crippen LogP contribution < -0.4 is 0 Å². The van der Waals surface area contributed by atoms with Crippen LogP contribution in [0.3, 0.4) is 0 Å². The highest BCUT2D eigenvalue weighted by Crippen LogP contribution is 2.19. The van der Waals surface area contributed by atoms with Gasteiger partial charge in [-0.25, -0.2) is 0 Å². The molecule has 0 heterocycles. The van der Waals surface area contributed by atoms with E-state index in [-0.39, 0.29) is 6.10 Å². The molecular weight excluding hydrogens is 208 g/mol. The standard InChI is InChI=1S/C16H26O/c1-2-3-4-5-6-7-11-14-16(17)15-12-9-8-10-13-15/h8-10,12-13,16-17H,2-7,11,14H2,1H3. The number of unbranched alkanes of at least 4 members (excludes halogenated alkanes) is 6. The average molecular weight is 234 g/mol. The lowest BCUT2D eigenvalue weighted by Gasteiger charge is -2.10. The summed E-state index contributed by atoms with van der Waals surface area (Å²) in [7, 11) is 0. The number of benzene rings is 1. The lowest BCUT2D eigenvalue weighted by atomic mass is 10.0. The third kappa shape index (κ3) is 6.48. The van der Waals surface area contributed by atoms with Gasteiger partial charge in [-0.2, -0.15) is 0 Å². The summed E-state index contributed by atoms with van der Waals surface area (Å²) in [5.74, 6) is 0. The Morgan fingerprint density at radius 2 is 1.47 bits per heavy atom. The van der Waals surface area contributed by atoms with E-state index in [0.717, 1.165) is 18.4 Å². The van der Waals surface area contributed by atoms with Crippen LogP contribution >= 0.6 is 0 Å². The summed E-state index contributed by atoms with van der Waals surface area (Å²) in [5, 5.41) is 9.96. The maximum atomic E-state index is 9.96. The summed E-state index contributed by atoms with van der Waals surface area (Å²) in [6, 6.07) is 9.98. The number of hydrogen-bond acceptors (Lipinski definition) is 1. The Balaban J connectivity index is 2.03. The molecule has 1 N–H and O–H groups in total. The molecule has 1 unspecified atom stereocenters. The molecule has 1 rings (SSSR count). The first kappa shape index (κ1) is 14.2. The monoisotopic (exact) mass is 234 g/mol. The van der Waals surface area contributed by atoms with Crippen LogP contribution in [0.25, 0.3) is 0 Å². The Labute approximate surface area is 106 Å². The van der Waals surface area contributed by atoms with Crippen molar-refractivity contribution in [1.29, 1.82) is 0 Å². The van der Waals surface area contributed by atoms with Crippen molar-refractivity contribution >= 4 is 0 Å². The van der Waals surface area contributed by atoms with Gasteiger partial charge >= 0.3 is 0 Å². The molecule has 0 amide bonds. The van der Waals surface area contributed by atoms with Gasteiger partial charge < -0.3 is 5.11 Å². The molecule has 0 saturated carbocycles. The van der Waals surface area contributed by atoms with Crippen molar-refractivity contribution in [2.24, 2.45) is 0 Å². The predicted molar refractivity (Wildman–Crippen MR) is 74.0 cm³/mol. The number of hydrogen-bond donors (Lipinski definition) is 1. The van der Waals surface area contributed by atoms with Gasteiger partial charge in [0.2, 0.25) is 0 Å². The zero-order valence-electron chi connectivity index (χ0n) is 11.1. The smallest absolute Gasteiger partial charge is 0.0790 e. The Morgan fingerprint density at radius 1 is 0.882 bits per heavy atom. The van der Waals surface area contributed by atoms with E-state index >= 15 is 0 Å². The van der Waals surface area contributed by atoms with Crippen molar-refractivity contribution in [3.05, 3.63) is 35.9 Å². The first-order valence-corrected chi connectivity index (χ1v) is 7.07. The summed E-state index contributed by atoms with van der Waals surface area (Å²) in [4.78, 5) is 0. The molecule has 0 saturated heterocycles. The van der Waals surface area contributed by atoms with E-state index in [4.69, 9.17) is 0 Å². The highest BCUT2D eigenvalue weighted by molar-refractivity contribution is 5.16. The van der Waals surface area contributed by atoms with E-state index < -0.39 is 0 Å². The lowest BCUT2D eigenvalue weighted by Crippen LogP contribution is -1.96. The van der Waals surface area contributed by atoms with Crippen molar-refractivity contribution in [2.75, 3.05) is 0 Å². The second-order valence-electron chi connectivity index (χ2n) is 4.84. The molecule has 1 heteroatoms. The third-order valence-electron chi connectivity index (χ3n) is 3.27. The van der Waals surface area contributed by atoms with E-state index in [1.807, 2.05) is 30.3 Å². The molecule has 0 aliphatic rings. The van der Waals surface area contributed by atoms with Gasteiger partial charge in [-0.1, -0.05) is 82.2 Å². The first-order chi connectivity index (χ1) is 8.34. The molecule has 0 radical (unpaired) electrons. The molecule has 1 nitrogen and oxygen atoms in total. The maximum absolute atomic E-state index is 9.96. The molecule has 1 aromatic rings. The third-order valence-corrected chi connectivity index (χ3v) is 3.27. The van der Waals surface area contributed by atoms with Crippen molar-refractivity contribution in [1.82, 2.24) is 0 Å². The summed E-state index contributed by atoms with van der Waals surface area (Å²) in [6.07, 6.45) is 9.76. The van der Waals surface area contributed by atoms with Crippen LogP contribution in [-0.2, 0) is 0 Å². The second kappa shape index (κ2) is 9.23. The Kier molecular flexibility index (Phi) is 7.74. The molecule has 17 heavy (non-hydrogen) atoms. The fourth-order valence-corrected chi connectivity index (χ4v) is 2.14. The largest absolute Gasteiger partial charge is 0.388 e. The van der Waals surface area contributed by atoms with E-state index in [9.17, 15) is 5.11 Å². The lowest BCUT2D eigenvalue weighted by molar-refractivity contribution is 0.163. The normalized spacial score (nSPS) is 12.6. The van der Waals surface area contributed by atoms with Gasteiger partial charge in [0.1, 0.15) is 0 Å². The first-order valence-electron chi connectivity index (χ1n) is 7.07. The van der Waals surface area contributed by atoms with Crippen LogP contribution in [0, 0.1) is 0 Å². The molecule has 0 fully saturated rings. The van der Waals surface area contributed by atoms with Gasteiger partial charge in [0.05, 0.1) is 6.10 Å². The van der Waals surface area contributed by atoms with E-state index in [2.05, 4.69) is 6.92 Å². The van der Waals surface area contributed by atoms with Crippen LogP contribution in [0.5, 0.6) is 0 Å². The highest BCUT2D eigenvalue weighted by atomic mass is 16.3. The summed E-state index contributed by atoms with van der Waals surface area (Å²) in [5.41, 5.74) is 1.05. The van der Waals surface area contributed by atoms with E-state index in [1.165, 1.54) is 38.5 Å². The van der Waals surface area contributed by atoms with Gasteiger partial charge in [-0.3, -0.25) is 0 Å². The summed E-state index contributed by atoms with van der Waals surface area (Å²) >= 11 is 0. The fraction of sp³-hybridized carbons (Fsp3) is 0.625. The maximum Gasteiger partial charge on any atom is 0.0790 e. The molecule has 0 aliphatic carbocycles. The van der Waals surface area contributed by atoms with Gasteiger partial charge in [0, 0.05) is 0 Å². The van der Waals surface area contributed by atoms with Crippen LogP contribution in [-0.4, -0.2) is 5.11 Å². The van der Waals surface area contributed by atoms with Crippen molar-refractivity contribution in [3.63, 3.8) is 0 Å². The molecule has 0 bridgehead atoms. The summed E-state index contributed by atoms with van der Waals surface area (Å²) < 4.78 is 0. The highest BCUT2D eigenvalue weighted by Gasteiger charge is 2.05. The minimum Gasteiger partial charge on any atom is -0.388 e. The second-order valence-corrected chi connectivity index (χ2v) is 4.84.